The molecule has 2 amide bonds. The van der Waals surface area contributed by atoms with E-state index in [1.165, 1.54) is 4.90 Å². The smallest absolute Gasteiger partial charge is 0.410 e. The highest BCUT2D eigenvalue weighted by Crippen LogP contribution is 2.22. The van der Waals surface area contributed by atoms with Crippen LogP contribution in [-0.2, 0) is 16.1 Å². The molecular weight excluding hydrogens is 332 g/mol. The van der Waals surface area contributed by atoms with E-state index in [9.17, 15) is 18.4 Å². The molecule has 0 spiro atoms. The Hall–Kier alpha value is -2.69. The summed E-state index contributed by atoms with van der Waals surface area (Å²) in [4.78, 5) is 25.4. The Balaban J connectivity index is 1.97. The topological polar surface area (TPSA) is 82.4 Å². The number of rotatable bonds is 3. The van der Waals surface area contributed by atoms with Gasteiger partial charge in [-0.2, -0.15) is 5.26 Å². The average molecular weight is 351 g/mol. The number of halogens is 2. The summed E-state index contributed by atoms with van der Waals surface area (Å²) in [5.74, 6) is -2.33. The van der Waals surface area contributed by atoms with Crippen LogP contribution in [0.2, 0.25) is 0 Å². The zero-order valence-corrected chi connectivity index (χ0v) is 14.2. The van der Waals surface area contributed by atoms with E-state index in [1.807, 2.05) is 0 Å². The van der Waals surface area contributed by atoms with Crippen molar-refractivity contribution >= 4 is 12.0 Å². The van der Waals surface area contributed by atoms with Gasteiger partial charge in [0.25, 0.3) is 0 Å². The van der Waals surface area contributed by atoms with Crippen molar-refractivity contribution < 1.29 is 23.1 Å². The van der Waals surface area contributed by atoms with Gasteiger partial charge in [-0.1, -0.05) is 0 Å². The number of carbonyl (C=O) groups excluding carboxylic acids is 2. The lowest BCUT2D eigenvalue weighted by atomic mass is 10.0. The molecule has 0 radical (unpaired) electrons. The minimum Gasteiger partial charge on any atom is -0.444 e. The second kappa shape index (κ2) is 7.05. The predicted octanol–water partition coefficient (Wildman–Crippen LogP) is 2.46. The molecular formula is C17H19F2N3O3. The largest absolute Gasteiger partial charge is 0.444 e. The molecule has 0 unspecified atom stereocenters. The van der Waals surface area contributed by atoms with Gasteiger partial charge in [0.2, 0.25) is 5.91 Å². The lowest BCUT2D eigenvalue weighted by molar-refractivity contribution is -0.130. The summed E-state index contributed by atoms with van der Waals surface area (Å²) in [6.07, 6.45) is -0.154. The molecule has 0 aromatic heterocycles. The molecule has 134 valence electrons. The Morgan fingerprint density at radius 2 is 1.96 bits per heavy atom. The van der Waals surface area contributed by atoms with Crippen LogP contribution >= 0.6 is 0 Å². The van der Waals surface area contributed by atoms with Crippen LogP contribution < -0.4 is 5.32 Å². The van der Waals surface area contributed by atoms with Gasteiger partial charge in [-0.3, -0.25) is 9.69 Å². The van der Waals surface area contributed by atoms with E-state index < -0.39 is 35.3 Å². The van der Waals surface area contributed by atoms with E-state index in [4.69, 9.17) is 10.00 Å². The standard InChI is InChI=1S/C17H19F2N3O3/c1-17(2,3)25-16(24)22-5-4-14(22)15(23)21-9-11-12(18)6-10(8-20)7-13(11)19/h6-7,14H,4-5,9H2,1-3H3,(H,21,23)/t14-/m0/s1. The molecule has 1 aliphatic rings. The molecule has 0 saturated carbocycles. The van der Waals surface area contributed by atoms with E-state index in [-0.39, 0.29) is 17.7 Å². The second-order valence-corrected chi connectivity index (χ2v) is 6.73. The lowest BCUT2D eigenvalue weighted by Gasteiger charge is -2.40. The van der Waals surface area contributed by atoms with Gasteiger partial charge >= 0.3 is 6.09 Å². The number of nitrogens with one attached hydrogen (secondary N) is 1. The quantitative estimate of drug-likeness (QED) is 0.907. The fraction of sp³-hybridized carbons (Fsp3) is 0.471. The Morgan fingerprint density at radius 3 is 2.40 bits per heavy atom. The van der Waals surface area contributed by atoms with Crippen LogP contribution in [0, 0.1) is 23.0 Å². The third-order valence-electron chi connectivity index (χ3n) is 3.66. The van der Waals surface area contributed by atoms with Crippen LogP contribution in [0.1, 0.15) is 38.3 Å². The first-order chi connectivity index (χ1) is 11.6. The van der Waals surface area contributed by atoms with Crippen molar-refractivity contribution in [2.24, 2.45) is 0 Å². The van der Waals surface area contributed by atoms with Crippen molar-refractivity contribution in [1.82, 2.24) is 10.2 Å². The first-order valence-corrected chi connectivity index (χ1v) is 7.77. The zero-order valence-electron chi connectivity index (χ0n) is 14.2. The molecule has 1 fully saturated rings. The Kier molecular flexibility index (Phi) is 5.26. The van der Waals surface area contributed by atoms with Crippen LogP contribution in [0.4, 0.5) is 13.6 Å². The summed E-state index contributed by atoms with van der Waals surface area (Å²) in [6.45, 7) is 5.16. The summed E-state index contributed by atoms with van der Waals surface area (Å²) >= 11 is 0. The average Bonchev–Trinajstić information content (AvgIpc) is 2.42. The molecule has 6 nitrogen and oxygen atoms in total. The molecule has 0 bridgehead atoms. The minimum atomic E-state index is -0.908. The number of nitriles is 1. The van der Waals surface area contributed by atoms with Crippen molar-refractivity contribution in [3.63, 3.8) is 0 Å². The number of hydrogen-bond donors (Lipinski definition) is 1. The maximum Gasteiger partial charge on any atom is 0.410 e. The Morgan fingerprint density at radius 1 is 1.36 bits per heavy atom. The molecule has 1 heterocycles. The molecule has 8 heteroatoms. The van der Waals surface area contributed by atoms with Gasteiger partial charge in [-0.15, -0.1) is 0 Å². The van der Waals surface area contributed by atoms with E-state index in [2.05, 4.69) is 5.32 Å². The third kappa shape index (κ3) is 4.44. The number of benzene rings is 1. The zero-order chi connectivity index (χ0) is 18.8. The summed E-state index contributed by atoms with van der Waals surface area (Å²) in [7, 11) is 0. The molecule has 1 atom stereocenters. The van der Waals surface area contributed by atoms with E-state index in [1.54, 1.807) is 26.8 Å². The summed E-state index contributed by atoms with van der Waals surface area (Å²) in [6, 6.07) is 2.73. The number of carbonyl (C=O) groups is 2. The lowest BCUT2D eigenvalue weighted by Crippen LogP contribution is -2.59. The van der Waals surface area contributed by atoms with Crippen LogP contribution in [0.25, 0.3) is 0 Å². The molecule has 1 aromatic carbocycles. The number of ether oxygens (including phenoxy) is 1. The van der Waals surface area contributed by atoms with Crippen LogP contribution in [0.3, 0.4) is 0 Å². The van der Waals surface area contributed by atoms with Crippen molar-refractivity contribution in [3.05, 3.63) is 34.9 Å². The highest BCUT2D eigenvalue weighted by atomic mass is 19.1. The van der Waals surface area contributed by atoms with Crippen LogP contribution in [0.5, 0.6) is 0 Å². The minimum absolute atomic E-state index is 0.139. The van der Waals surface area contributed by atoms with E-state index in [0.29, 0.717) is 13.0 Å². The highest BCUT2D eigenvalue weighted by Gasteiger charge is 2.39. The normalized spacial score (nSPS) is 16.6. The Bertz CT molecular complexity index is 715. The van der Waals surface area contributed by atoms with Crippen molar-refractivity contribution in [2.45, 2.75) is 45.4 Å². The maximum absolute atomic E-state index is 13.8. The fourth-order valence-corrected chi connectivity index (χ4v) is 2.33. The fourth-order valence-electron chi connectivity index (χ4n) is 2.33. The first-order valence-electron chi connectivity index (χ1n) is 7.77. The first kappa shape index (κ1) is 18.6. The summed E-state index contributed by atoms with van der Waals surface area (Å²) < 4.78 is 32.8. The number of hydrogen-bond acceptors (Lipinski definition) is 4. The number of nitrogens with zero attached hydrogens (tertiary/aromatic N) is 2. The maximum atomic E-state index is 13.8. The summed E-state index contributed by atoms with van der Waals surface area (Å²) in [5.41, 5.74) is -1.15. The molecule has 1 aromatic rings. The molecule has 2 rings (SSSR count). The van der Waals surface area contributed by atoms with E-state index >= 15 is 0 Å². The van der Waals surface area contributed by atoms with Gasteiger partial charge in [0.15, 0.2) is 0 Å². The van der Waals surface area contributed by atoms with Gasteiger partial charge in [-0.25, -0.2) is 13.6 Å². The number of amides is 2. The highest BCUT2D eigenvalue weighted by molar-refractivity contribution is 5.87. The van der Waals surface area contributed by atoms with Crippen LogP contribution in [-0.4, -0.2) is 35.1 Å². The van der Waals surface area contributed by atoms with Gasteiger partial charge in [0.05, 0.1) is 11.6 Å². The number of likely N-dealkylation sites (tertiary alicyclic amines) is 1. The molecule has 25 heavy (non-hydrogen) atoms. The molecule has 1 saturated heterocycles. The SMILES string of the molecule is CC(C)(C)OC(=O)N1CC[C@H]1C(=O)NCc1c(F)cc(C#N)cc1F. The van der Waals surface area contributed by atoms with Crippen LogP contribution in [0.15, 0.2) is 12.1 Å². The molecule has 1 N–H and O–H groups in total. The van der Waals surface area contributed by atoms with Crippen molar-refractivity contribution in [3.8, 4) is 6.07 Å². The second-order valence-electron chi connectivity index (χ2n) is 6.73. The van der Waals surface area contributed by atoms with Gasteiger partial charge in [-0.05, 0) is 39.3 Å². The third-order valence-corrected chi connectivity index (χ3v) is 3.66. The summed E-state index contributed by atoms with van der Waals surface area (Å²) in [5, 5.41) is 11.1. The monoisotopic (exact) mass is 351 g/mol. The Labute approximate surface area is 144 Å². The van der Waals surface area contributed by atoms with Crippen molar-refractivity contribution in [1.29, 1.82) is 5.26 Å². The molecule has 1 aliphatic heterocycles. The van der Waals surface area contributed by atoms with Gasteiger partial charge in [0.1, 0.15) is 23.3 Å². The van der Waals surface area contributed by atoms with Gasteiger partial charge in [0, 0.05) is 18.7 Å². The van der Waals surface area contributed by atoms with Gasteiger partial charge < -0.3 is 10.1 Å². The molecule has 0 aliphatic carbocycles. The predicted molar refractivity (Wildman–Crippen MR) is 84.3 cm³/mol. The van der Waals surface area contributed by atoms with Crippen molar-refractivity contribution in [2.75, 3.05) is 6.54 Å². The van der Waals surface area contributed by atoms with E-state index in [0.717, 1.165) is 12.1 Å².